The zero-order chi connectivity index (χ0) is 16.4. The van der Waals surface area contributed by atoms with Crippen molar-refractivity contribution in [1.82, 2.24) is 0 Å². The molecule has 0 aromatic carbocycles. The van der Waals surface area contributed by atoms with Gasteiger partial charge in [-0.2, -0.15) is 0 Å². The van der Waals surface area contributed by atoms with Crippen LogP contribution in [0.25, 0.3) is 0 Å². The third-order valence-electron chi connectivity index (χ3n) is 7.88. The van der Waals surface area contributed by atoms with Crippen molar-refractivity contribution >= 4 is 8.32 Å². The molecule has 0 aromatic heterocycles. The monoisotopic (exact) mass is 324 g/mol. The maximum Gasteiger partial charge on any atom is 0.192 e. The van der Waals surface area contributed by atoms with Crippen LogP contribution in [0.2, 0.25) is 18.1 Å². The minimum absolute atomic E-state index is 0.174. The molecule has 1 aliphatic heterocycles. The molecule has 3 fully saturated rings. The zero-order valence-electron chi connectivity index (χ0n) is 15.8. The summed E-state index contributed by atoms with van der Waals surface area (Å²) in [5, 5.41) is 0.303. The molecule has 3 rings (SSSR count). The van der Waals surface area contributed by atoms with Crippen LogP contribution in [0.3, 0.4) is 0 Å². The summed E-state index contributed by atoms with van der Waals surface area (Å²) in [6.07, 6.45) is 6.93. The number of rotatable bonds is 2. The van der Waals surface area contributed by atoms with Gasteiger partial charge in [-0.1, -0.05) is 41.0 Å². The molecular formula is C19H36O2Si. The van der Waals surface area contributed by atoms with E-state index in [1.807, 2.05) is 0 Å². The summed E-state index contributed by atoms with van der Waals surface area (Å²) in [7, 11) is -1.68. The van der Waals surface area contributed by atoms with Crippen LogP contribution in [0.15, 0.2) is 0 Å². The van der Waals surface area contributed by atoms with Crippen LogP contribution < -0.4 is 0 Å². The molecule has 1 saturated heterocycles. The normalized spacial score (nSPS) is 45.7. The Bertz CT molecular complexity index is 441. The van der Waals surface area contributed by atoms with E-state index in [0.717, 1.165) is 12.5 Å². The van der Waals surface area contributed by atoms with Crippen molar-refractivity contribution in [2.24, 2.45) is 17.3 Å². The molecule has 0 unspecified atom stereocenters. The average molecular weight is 325 g/mol. The number of hydrogen-bond acceptors (Lipinski definition) is 2. The fraction of sp³-hybridized carbons (Fsp3) is 1.00. The fourth-order valence-electron chi connectivity index (χ4n) is 5.35. The maximum absolute atomic E-state index is 6.90. The predicted molar refractivity (Wildman–Crippen MR) is 94.6 cm³/mol. The Kier molecular flexibility index (Phi) is 3.91. The molecule has 3 aliphatic rings. The third-order valence-corrected chi connectivity index (χ3v) is 12.4. The summed E-state index contributed by atoms with van der Waals surface area (Å²) >= 11 is 0. The first-order valence-electron chi connectivity index (χ1n) is 9.35. The quantitative estimate of drug-likeness (QED) is 0.635. The Hall–Kier alpha value is 0.137. The Morgan fingerprint density at radius 1 is 1.14 bits per heavy atom. The van der Waals surface area contributed by atoms with Crippen molar-refractivity contribution in [3.8, 4) is 0 Å². The van der Waals surface area contributed by atoms with E-state index in [9.17, 15) is 0 Å². The Morgan fingerprint density at radius 3 is 2.32 bits per heavy atom. The highest BCUT2D eigenvalue weighted by Crippen LogP contribution is 2.65. The van der Waals surface area contributed by atoms with Crippen LogP contribution in [0.1, 0.15) is 66.7 Å². The van der Waals surface area contributed by atoms with Gasteiger partial charge in [-0.3, -0.25) is 0 Å². The van der Waals surface area contributed by atoms with Crippen molar-refractivity contribution in [3.63, 3.8) is 0 Å². The van der Waals surface area contributed by atoms with E-state index in [1.165, 1.54) is 32.1 Å². The van der Waals surface area contributed by atoms with E-state index in [1.54, 1.807) is 0 Å². The molecule has 22 heavy (non-hydrogen) atoms. The first-order valence-corrected chi connectivity index (χ1v) is 12.3. The number of hydrogen-bond donors (Lipinski definition) is 0. The van der Waals surface area contributed by atoms with Crippen LogP contribution in [0.5, 0.6) is 0 Å². The van der Waals surface area contributed by atoms with E-state index in [2.05, 4.69) is 47.7 Å². The minimum Gasteiger partial charge on any atom is -0.414 e. The van der Waals surface area contributed by atoms with Crippen LogP contribution in [-0.2, 0) is 9.16 Å². The van der Waals surface area contributed by atoms with Crippen molar-refractivity contribution in [2.45, 2.75) is 96.6 Å². The van der Waals surface area contributed by atoms with Gasteiger partial charge in [-0.15, -0.1) is 0 Å². The van der Waals surface area contributed by atoms with Crippen LogP contribution in [-0.4, -0.2) is 26.6 Å². The Labute approximate surface area is 138 Å². The lowest BCUT2D eigenvalue weighted by Crippen LogP contribution is -2.63. The molecule has 1 heterocycles. The molecule has 2 aliphatic carbocycles. The molecule has 3 heteroatoms. The third kappa shape index (κ3) is 2.18. The lowest BCUT2D eigenvalue weighted by molar-refractivity contribution is -0.261. The van der Waals surface area contributed by atoms with Gasteiger partial charge in [-0.25, -0.2) is 0 Å². The van der Waals surface area contributed by atoms with Gasteiger partial charge >= 0.3 is 0 Å². The molecule has 0 bridgehead atoms. The molecule has 128 valence electrons. The Morgan fingerprint density at radius 2 is 1.82 bits per heavy atom. The zero-order valence-corrected chi connectivity index (χ0v) is 16.8. The second-order valence-corrected chi connectivity index (χ2v) is 14.7. The smallest absolute Gasteiger partial charge is 0.192 e. The van der Waals surface area contributed by atoms with E-state index in [-0.39, 0.29) is 5.60 Å². The minimum atomic E-state index is -1.68. The van der Waals surface area contributed by atoms with Crippen molar-refractivity contribution in [3.05, 3.63) is 0 Å². The topological polar surface area (TPSA) is 18.5 Å². The van der Waals surface area contributed by atoms with E-state index in [4.69, 9.17) is 9.16 Å². The molecule has 1 spiro atoms. The van der Waals surface area contributed by atoms with E-state index in [0.29, 0.717) is 22.5 Å². The summed E-state index contributed by atoms with van der Waals surface area (Å²) < 4.78 is 13.2. The van der Waals surface area contributed by atoms with Gasteiger partial charge in [0.1, 0.15) is 0 Å². The summed E-state index contributed by atoms with van der Waals surface area (Å²) in [4.78, 5) is 0. The van der Waals surface area contributed by atoms with Gasteiger partial charge in [0, 0.05) is 17.4 Å². The van der Waals surface area contributed by atoms with Gasteiger partial charge in [0.25, 0.3) is 0 Å². The predicted octanol–water partition coefficient (Wildman–Crippen LogP) is 5.38. The molecule has 0 radical (unpaired) electrons. The lowest BCUT2D eigenvalue weighted by atomic mass is 9.58. The first-order chi connectivity index (χ1) is 10.0. The lowest BCUT2D eigenvalue weighted by Gasteiger charge is -2.59. The van der Waals surface area contributed by atoms with E-state index >= 15 is 0 Å². The van der Waals surface area contributed by atoms with Crippen LogP contribution in [0, 0.1) is 17.3 Å². The highest BCUT2D eigenvalue weighted by molar-refractivity contribution is 6.74. The highest BCUT2D eigenvalue weighted by Gasteiger charge is 2.66. The fourth-order valence-corrected chi connectivity index (χ4v) is 6.74. The van der Waals surface area contributed by atoms with Crippen molar-refractivity contribution in [2.75, 3.05) is 6.61 Å². The molecule has 2 saturated carbocycles. The number of fused-ring (bicyclic) bond motifs is 2. The van der Waals surface area contributed by atoms with Gasteiger partial charge in [-0.05, 0) is 49.7 Å². The highest BCUT2D eigenvalue weighted by atomic mass is 28.4. The second kappa shape index (κ2) is 5.06. The van der Waals surface area contributed by atoms with Gasteiger partial charge in [0.2, 0.25) is 0 Å². The van der Waals surface area contributed by atoms with Gasteiger partial charge in [0.05, 0.1) is 12.2 Å². The van der Waals surface area contributed by atoms with E-state index < -0.39 is 8.32 Å². The molecule has 2 nitrogen and oxygen atoms in total. The first kappa shape index (κ1) is 17.0. The molecule has 0 N–H and O–H groups in total. The van der Waals surface area contributed by atoms with Crippen LogP contribution in [0.4, 0.5) is 0 Å². The molecule has 5 atom stereocenters. The van der Waals surface area contributed by atoms with Gasteiger partial charge in [0.15, 0.2) is 8.32 Å². The second-order valence-electron chi connectivity index (χ2n) is 9.97. The maximum atomic E-state index is 6.90. The molecule has 0 aromatic rings. The molecule has 0 amide bonds. The summed E-state index contributed by atoms with van der Waals surface area (Å²) in [5.74, 6) is 1.44. The molecular weight excluding hydrogens is 288 g/mol. The largest absolute Gasteiger partial charge is 0.414 e. The number of ether oxygens (including phenoxy) is 1. The van der Waals surface area contributed by atoms with Crippen molar-refractivity contribution in [1.29, 1.82) is 0 Å². The summed E-state index contributed by atoms with van der Waals surface area (Å²) in [6, 6.07) is 0. The van der Waals surface area contributed by atoms with Crippen molar-refractivity contribution < 1.29 is 9.16 Å². The van der Waals surface area contributed by atoms with Crippen LogP contribution >= 0.6 is 0 Å². The summed E-state index contributed by atoms with van der Waals surface area (Å²) in [6.45, 7) is 17.8. The summed E-state index contributed by atoms with van der Waals surface area (Å²) in [5.41, 5.74) is 0.517. The van der Waals surface area contributed by atoms with Gasteiger partial charge < -0.3 is 9.16 Å². The average Bonchev–Trinajstić information content (AvgIpc) is 2.71. The Balaban J connectivity index is 1.82. The standard InChI is InChI=1S/C19H36O2Si/c1-14-13-20-19(14)12-10-15-16(9-8-11-18(15,19)5)21-22(6,7)17(2,3)4/h14-16H,8-13H2,1-7H3/t14-,15-,16-,18-,19-/m0/s1. The SMILES string of the molecule is C[C@H]1CO[C@@]12CC[C@H]1[C@@H](O[Si](C)(C)C(C)(C)C)CCC[C@@]12C.